The van der Waals surface area contributed by atoms with E-state index < -0.39 is 12.0 Å². The molecule has 2 heterocycles. The third-order valence-electron chi connectivity index (χ3n) is 4.76. The third kappa shape index (κ3) is 3.58. The molecule has 2 N–H and O–H groups in total. The normalized spacial score (nSPS) is 16.6. The minimum atomic E-state index is -0.849. The highest BCUT2D eigenvalue weighted by molar-refractivity contribution is 5.92. The molecule has 1 amide bonds. The highest BCUT2D eigenvalue weighted by Gasteiger charge is 2.32. The van der Waals surface area contributed by atoms with E-state index in [0.29, 0.717) is 31.9 Å². The first-order valence-corrected chi connectivity index (χ1v) is 8.44. The second kappa shape index (κ2) is 7.11. The Morgan fingerprint density at radius 2 is 1.84 bits per heavy atom. The molecule has 0 aliphatic carbocycles. The average Bonchev–Trinajstić information content (AvgIpc) is 3.12. The van der Waals surface area contributed by atoms with Gasteiger partial charge in [0.2, 0.25) is 0 Å². The lowest BCUT2D eigenvalue weighted by Crippen LogP contribution is -2.51. The molecule has 0 bridgehead atoms. The van der Waals surface area contributed by atoms with Crippen LogP contribution in [-0.2, 0) is 4.79 Å². The molecular weight excluding hydrogens is 318 g/mol. The van der Waals surface area contributed by atoms with Gasteiger partial charge in [0.25, 0.3) is 5.91 Å². The first kappa shape index (κ1) is 17.2. The lowest BCUT2D eigenvalue weighted by atomic mass is 9.97. The maximum Gasteiger partial charge on any atom is 0.325 e. The van der Waals surface area contributed by atoms with Gasteiger partial charge in [-0.2, -0.15) is 0 Å². The van der Waals surface area contributed by atoms with Gasteiger partial charge in [-0.05, 0) is 37.1 Å². The van der Waals surface area contributed by atoms with Crippen LogP contribution >= 0.6 is 0 Å². The molecule has 2 aromatic rings. The summed E-state index contributed by atoms with van der Waals surface area (Å²) in [5.41, 5.74) is 3.42. The molecule has 1 fully saturated rings. The molecule has 0 spiro atoms. The van der Waals surface area contributed by atoms with E-state index in [1.54, 1.807) is 23.2 Å². The number of carboxylic acid groups (broad SMARTS) is 1. The van der Waals surface area contributed by atoms with E-state index in [1.807, 2.05) is 36.9 Å². The molecule has 0 saturated carbocycles. The van der Waals surface area contributed by atoms with Gasteiger partial charge in [0, 0.05) is 32.4 Å². The fourth-order valence-electron chi connectivity index (χ4n) is 3.36. The van der Waals surface area contributed by atoms with Gasteiger partial charge in [-0.15, -0.1) is 0 Å². The van der Waals surface area contributed by atoms with Crippen LogP contribution < -0.4 is 0 Å². The predicted molar refractivity (Wildman–Crippen MR) is 94.6 cm³/mol. The van der Waals surface area contributed by atoms with Gasteiger partial charge in [-0.1, -0.05) is 23.8 Å². The third-order valence-corrected chi connectivity index (χ3v) is 4.76. The van der Waals surface area contributed by atoms with Gasteiger partial charge < -0.3 is 15.0 Å². The van der Waals surface area contributed by atoms with Crippen LogP contribution in [0.2, 0.25) is 0 Å². The van der Waals surface area contributed by atoms with E-state index in [-0.39, 0.29) is 5.91 Å². The quantitative estimate of drug-likeness (QED) is 0.894. The second-order valence-electron chi connectivity index (χ2n) is 6.51. The molecule has 6 nitrogen and oxygen atoms in total. The zero-order valence-corrected chi connectivity index (χ0v) is 14.5. The first-order chi connectivity index (χ1) is 12.0. The number of rotatable bonds is 4. The number of hydrogen-bond acceptors (Lipinski definition) is 3. The van der Waals surface area contributed by atoms with Gasteiger partial charge in [0.1, 0.15) is 11.7 Å². The number of carboxylic acids is 1. The van der Waals surface area contributed by atoms with Crippen molar-refractivity contribution in [1.82, 2.24) is 14.8 Å². The molecule has 25 heavy (non-hydrogen) atoms. The van der Waals surface area contributed by atoms with Crippen molar-refractivity contribution in [1.29, 1.82) is 0 Å². The van der Waals surface area contributed by atoms with E-state index in [2.05, 4.69) is 4.98 Å². The average molecular weight is 341 g/mol. The van der Waals surface area contributed by atoms with Crippen molar-refractivity contribution in [3.63, 3.8) is 0 Å². The van der Waals surface area contributed by atoms with Crippen LogP contribution in [0.15, 0.2) is 36.5 Å². The molecule has 1 saturated heterocycles. The molecule has 3 rings (SSSR count). The van der Waals surface area contributed by atoms with Gasteiger partial charge >= 0.3 is 5.97 Å². The van der Waals surface area contributed by atoms with Crippen LogP contribution in [0.4, 0.5) is 0 Å². The lowest BCUT2D eigenvalue weighted by molar-refractivity contribution is -0.144. The summed E-state index contributed by atoms with van der Waals surface area (Å²) in [6, 6.07) is 8.78. The largest absolute Gasteiger partial charge is 0.480 e. The summed E-state index contributed by atoms with van der Waals surface area (Å²) in [5, 5.41) is 9.79. The Morgan fingerprint density at radius 3 is 2.44 bits per heavy atom. The summed E-state index contributed by atoms with van der Waals surface area (Å²) < 4.78 is 0. The molecule has 1 aromatic heterocycles. The Balaban J connectivity index is 1.74. The van der Waals surface area contributed by atoms with Crippen LogP contribution in [0, 0.1) is 13.8 Å². The fourth-order valence-corrected chi connectivity index (χ4v) is 3.36. The maximum atomic E-state index is 12.4. The van der Waals surface area contributed by atoms with E-state index in [4.69, 9.17) is 0 Å². The molecule has 132 valence electrons. The zero-order valence-electron chi connectivity index (χ0n) is 14.5. The minimum absolute atomic E-state index is 0.0386. The van der Waals surface area contributed by atoms with E-state index in [0.717, 1.165) is 16.7 Å². The number of nitrogens with zero attached hydrogens (tertiary/aromatic N) is 2. The smallest absolute Gasteiger partial charge is 0.325 e. The van der Waals surface area contributed by atoms with Gasteiger partial charge in [-0.3, -0.25) is 14.5 Å². The van der Waals surface area contributed by atoms with Crippen molar-refractivity contribution in [2.75, 3.05) is 26.2 Å². The van der Waals surface area contributed by atoms with Crippen LogP contribution in [0.1, 0.15) is 33.2 Å². The minimum Gasteiger partial charge on any atom is -0.480 e. The summed E-state index contributed by atoms with van der Waals surface area (Å²) >= 11 is 0. The van der Waals surface area contributed by atoms with Gasteiger partial charge in [-0.25, -0.2) is 0 Å². The summed E-state index contributed by atoms with van der Waals surface area (Å²) in [5.74, 6) is -0.888. The number of carbonyl (C=O) groups excluding carboxylic acids is 1. The number of hydrogen-bond donors (Lipinski definition) is 2. The monoisotopic (exact) mass is 341 g/mol. The number of amides is 1. The van der Waals surface area contributed by atoms with E-state index >= 15 is 0 Å². The Kier molecular flexibility index (Phi) is 4.90. The summed E-state index contributed by atoms with van der Waals surface area (Å²) in [6.45, 7) is 6.02. The molecule has 1 atom stereocenters. The first-order valence-electron chi connectivity index (χ1n) is 8.44. The van der Waals surface area contributed by atoms with Crippen molar-refractivity contribution in [3.8, 4) is 0 Å². The summed E-state index contributed by atoms with van der Waals surface area (Å²) in [7, 11) is 0. The molecular formula is C19H23N3O3. The predicted octanol–water partition coefficient (Wildman–Crippen LogP) is 2.22. The number of aliphatic carboxylic acids is 1. The lowest BCUT2D eigenvalue weighted by Gasteiger charge is -2.38. The number of aromatic nitrogens is 1. The number of aryl methyl sites for hydroxylation is 2. The van der Waals surface area contributed by atoms with Crippen molar-refractivity contribution in [2.45, 2.75) is 19.9 Å². The molecule has 0 radical (unpaired) electrons. The van der Waals surface area contributed by atoms with Crippen molar-refractivity contribution >= 4 is 11.9 Å². The van der Waals surface area contributed by atoms with Crippen LogP contribution in [0.3, 0.4) is 0 Å². The van der Waals surface area contributed by atoms with Crippen LogP contribution in [0.5, 0.6) is 0 Å². The maximum absolute atomic E-state index is 12.4. The molecule has 1 aliphatic rings. The molecule has 1 aromatic carbocycles. The second-order valence-corrected chi connectivity index (χ2v) is 6.51. The Labute approximate surface area is 147 Å². The summed E-state index contributed by atoms with van der Waals surface area (Å²) in [4.78, 5) is 31.0. The number of benzene rings is 1. The number of aromatic amines is 1. The SMILES string of the molecule is Cc1ccc(C)c(C(C(=O)O)N2CCN(C(=O)c3ccc[nH]3)CC2)c1. The standard InChI is InChI=1S/C19H23N3O3/c1-13-5-6-14(2)15(12-13)17(19(24)25)21-8-10-22(11-9-21)18(23)16-4-3-7-20-16/h3-7,12,17,20H,8-11H2,1-2H3,(H,24,25). The van der Waals surface area contributed by atoms with Crippen LogP contribution in [0.25, 0.3) is 0 Å². The Bertz CT molecular complexity index is 762. The number of piperazine rings is 1. The number of nitrogens with one attached hydrogen (secondary N) is 1. The Morgan fingerprint density at radius 1 is 1.12 bits per heavy atom. The van der Waals surface area contributed by atoms with E-state index in [1.165, 1.54) is 0 Å². The van der Waals surface area contributed by atoms with Crippen molar-refractivity contribution in [2.24, 2.45) is 0 Å². The molecule has 6 heteroatoms. The molecule has 1 unspecified atom stereocenters. The summed E-state index contributed by atoms with van der Waals surface area (Å²) in [6.07, 6.45) is 1.73. The highest BCUT2D eigenvalue weighted by Crippen LogP contribution is 2.26. The van der Waals surface area contributed by atoms with Crippen molar-refractivity contribution in [3.05, 3.63) is 58.9 Å². The fraction of sp³-hybridized carbons (Fsp3) is 0.368. The zero-order chi connectivity index (χ0) is 18.0. The number of carbonyl (C=O) groups is 2. The van der Waals surface area contributed by atoms with Crippen molar-refractivity contribution < 1.29 is 14.7 Å². The molecule has 1 aliphatic heterocycles. The van der Waals surface area contributed by atoms with Gasteiger partial charge in [0.05, 0.1) is 0 Å². The van der Waals surface area contributed by atoms with E-state index in [9.17, 15) is 14.7 Å². The number of H-pyrrole nitrogens is 1. The van der Waals surface area contributed by atoms with Crippen LogP contribution in [-0.4, -0.2) is 57.9 Å². The van der Waals surface area contributed by atoms with Gasteiger partial charge in [0.15, 0.2) is 0 Å². The topological polar surface area (TPSA) is 76.6 Å². The Hall–Kier alpha value is -2.60. The highest BCUT2D eigenvalue weighted by atomic mass is 16.4.